The summed E-state index contributed by atoms with van der Waals surface area (Å²) in [6.07, 6.45) is 0. The molecule has 0 aliphatic rings. The fraction of sp³-hybridized carbons (Fsp3) is 0. The van der Waals surface area contributed by atoms with Crippen LogP contribution in [0.2, 0.25) is 0 Å². The van der Waals surface area contributed by atoms with Gasteiger partial charge in [-0.3, -0.25) is 0 Å². The predicted molar refractivity (Wildman–Crippen MR) is 40.4 cm³/mol. The molecule has 11 heteroatoms. The van der Waals surface area contributed by atoms with Gasteiger partial charge in [-0.15, -0.1) is 0 Å². The minimum atomic E-state index is 0. The first-order valence-electron chi connectivity index (χ1n) is 0. The van der Waals surface area contributed by atoms with E-state index >= 15 is 0 Å². The first-order valence-corrected chi connectivity index (χ1v) is 0. The Morgan fingerprint density at radius 2 is 0.273 bits per heavy atom. The molecule has 0 fully saturated rings. The van der Waals surface area contributed by atoms with Gasteiger partial charge in [0.05, 0.1) is 0 Å². The zero-order chi connectivity index (χ0) is 0. The summed E-state index contributed by atoms with van der Waals surface area (Å²) in [6, 6.07) is 0. The summed E-state index contributed by atoms with van der Waals surface area (Å²) in [5, 5.41) is 0. The zero-order valence-electron chi connectivity index (χ0n) is 5.70. The second-order valence-corrected chi connectivity index (χ2v) is 0. The Labute approximate surface area is 221 Å². The molecule has 0 amide bonds. The van der Waals surface area contributed by atoms with Crippen molar-refractivity contribution in [2.45, 2.75) is 0 Å². The van der Waals surface area contributed by atoms with E-state index in [1.165, 1.54) is 0 Å². The van der Waals surface area contributed by atoms with Crippen molar-refractivity contribution in [2.75, 3.05) is 0 Å². The Hall–Kier alpha value is 6.11. The number of hydrogen-bond donors (Lipinski definition) is 0. The van der Waals surface area contributed by atoms with Crippen LogP contribution in [0.25, 0.3) is 0 Å². The average Bonchev–Trinajstić information content (AvgIpc) is 0. The molecule has 6 nitrogen and oxygen atoms in total. The van der Waals surface area contributed by atoms with E-state index in [9.17, 15) is 0 Å². The van der Waals surface area contributed by atoms with Crippen LogP contribution in [-0.2, 0) is 0 Å². The maximum Gasteiger partial charge on any atom is 2.00 e. The minimum Gasteiger partial charge on any atom is -0.870 e. The van der Waals surface area contributed by atoms with E-state index in [0.717, 1.165) is 0 Å². The molecule has 0 aromatic rings. The second kappa shape index (κ2) is 98.5. The van der Waals surface area contributed by atoms with E-state index in [-0.39, 0.29) is 228 Å². The van der Waals surface area contributed by atoms with E-state index in [4.69, 9.17) is 0 Å². The van der Waals surface area contributed by atoms with Gasteiger partial charge in [-0.25, -0.2) is 0 Å². The molecule has 0 unspecified atom stereocenters. The molecule has 0 aromatic carbocycles. The van der Waals surface area contributed by atoms with Crippen molar-refractivity contribution in [2.24, 2.45) is 0 Å². The van der Waals surface area contributed by atoms with Crippen molar-refractivity contribution in [3.8, 4) is 0 Å². The van der Waals surface area contributed by atoms with Gasteiger partial charge in [0.2, 0.25) is 0 Å². The first-order chi connectivity index (χ1) is 0. The van der Waals surface area contributed by atoms with Crippen LogP contribution in [-0.4, -0.2) is 228 Å². The summed E-state index contributed by atoms with van der Waals surface area (Å²) >= 11 is 0. The normalized spacial score (nSPS) is 0. The second-order valence-electron chi connectivity index (χ2n) is 0. The monoisotopic (exact) mass is 758 g/mol. The molecular formula is H6Ba3O6Sb2. The van der Waals surface area contributed by atoms with Crippen LogP contribution in [0, 0.1) is 0 Å². The van der Waals surface area contributed by atoms with Crippen LogP contribution in [0.15, 0.2) is 0 Å². The molecule has 0 aliphatic heterocycles. The molecule has 0 heterocycles. The Balaban J connectivity index is 0. The van der Waals surface area contributed by atoms with Crippen LogP contribution >= 0.6 is 0 Å². The molecule has 6 radical (unpaired) electrons. The molecule has 0 spiro atoms. The van der Waals surface area contributed by atoms with Gasteiger partial charge in [-0.05, 0) is 0 Å². The summed E-state index contributed by atoms with van der Waals surface area (Å²) in [5.74, 6) is 0. The Morgan fingerprint density at radius 1 is 0.273 bits per heavy atom. The zero-order valence-corrected chi connectivity index (χ0v) is 24.1. The molecule has 6 N–H and O–H groups in total. The third-order valence-electron chi connectivity index (χ3n) is 0. The van der Waals surface area contributed by atoms with Gasteiger partial charge in [0.15, 0.2) is 0 Å². The molecule has 58 valence electrons. The van der Waals surface area contributed by atoms with Gasteiger partial charge in [-0.2, -0.15) is 0 Å². The van der Waals surface area contributed by atoms with Crippen LogP contribution in [0.1, 0.15) is 0 Å². The SMILES string of the molecule is [Ba+2].[Ba+2].[Ba+2].[OH-].[OH-].[OH-].[OH-].[OH-].[OH-].[Sb].[Sb]. The molecule has 0 bridgehead atoms. The maximum atomic E-state index is 0. The summed E-state index contributed by atoms with van der Waals surface area (Å²) in [4.78, 5) is 0. The van der Waals surface area contributed by atoms with Gasteiger partial charge in [0.1, 0.15) is 0 Å². The number of hydrogen-bond acceptors (Lipinski definition) is 6. The summed E-state index contributed by atoms with van der Waals surface area (Å²) in [7, 11) is 0. The van der Waals surface area contributed by atoms with Gasteiger partial charge in [0.25, 0.3) is 0 Å². The van der Waals surface area contributed by atoms with E-state index in [1.54, 1.807) is 0 Å². The van der Waals surface area contributed by atoms with Crippen LogP contribution in [0.3, 0.4) is 0 Å². The van der Waals surface area contributed by atoms with Crippen molar-refractivity contribution in [3.05, 3.63) is 0 Å². The standard InChI is InChI=1S/3Ba.6H2O.2Sb/h;;;6*1H2;;/q3*+2;;;;;;;;/p-6. The molecule has 11 heavy (non-hydrogen) atoms. The first kappa shape index (κ1) is 119. The molecule has 0 atom stereocenters. The van der Waals surface area contributed by atoms with Crippen LogP contribution < -0.4 is 0 Å². The van der Waals surface area contributed by atoms with Crippen molar-refractivity contribution in [1.29, 1.82) is 0 Å². The molecule has 0 saturated heterocycles. The van der Waals surface area contributed by atoms with Gasteiger partial charge in [0, 0.05) is 48.9 Å². The van der Waals surface area contributed by atoms with E-state index in [0.29, 0.717) is 0 Å². The molecule has 0 aromatic heterocycles. The predicted octanol–water partition coefficient (Wildman–Crippen LogP) is -2.96. The third-order valence-corrected chi connectivity index (χ3v) is 0. The molecule has 0 rings (SSSR count). The number of rotatable bonds is 0. The van der Waals surface area contributed by atoms with E-state index in [2.05, 4.69) is 0 Å². The van der Waals surface area contributed by atoms with Crippen molar-refractivity contribution in [3.63, 3.8) is 0 Å². The van der Waals surface area contributed by atoms with Gasteiger partial charge < -0.3 is 32.9 Å². The van der Waals surface area contributed by atoms with Crippen molar-refractivity contribution in [1.82, 2.24) is 0 Å². The quantitative estimate of drug-likeness (QED) is 0.238. The van der Waals surface area contributed by atoms with Gasteiger partial charge in [-0.1, -0.05) is 0 Å². The Bertz CT molecular complexity index is 15.8. The third kappa shape index (κ3) is 85.9. The molecular weight excluding hydrogens is 751 g/mol. The van der Waals surface area contributed by atoms with E-state index < -0.39 is 0 Å². The van der Waals surface area contributed by atoms with Crippen molar-refractivity contribution < 1.29 is 32.9 Å². The minimum absolute atomic E-state index is 0. The summed E-state index contributed by atoms with van der Waals surface area (Å²) in [6.45, 7) is 0. The maximum absolute atomic E-state index is 0. The molecule has 0 saturated carbocycles. The van der Waals surface area contributed by atoms with Crippen molar-refractivity contribution >= 4 is 195 Å². The Morgan fingerprint density at radius 3 is 0.273 bits per heavy atom. The Kier molecular flexibility index (Phi) is 1070. The van der Waals surface area contributed by atoms with Crippen LogP contribution in [0.4, 0.5) is 0 Å². The fourth-order valence-electron chi connectivity index (χ4n) is 0. The average molecular weight is 758 g/mol. The molecule has 0 aliphatic carbocycles. The van der Waals surface area contributed by atoms with E-state index in [1.807, 2.05) is 0 Å². The van der Waals surface area contributed by atoms with Gasteiger partial charge >= 0.3 is 147 Å². The smallest absolute Gasteiger partial charge is 0.870 e. The van der Waals surface area contributed by atoms with Crippen LogP contribution in [0.5, 0.6) is 0 Å². The summed E-state index contributed by atoms with van der Waals surface area (Å²) in [5.41, 5.74) is 0. The fourth-order valence-corrected chi connectivity index (χ4v) is 0. The summed E-state index contributed by atoms with van der Waals surface area (Å²) < 4.78 is 0. The topological polar surface area (TPSA) is 180 Å². The largest absolute Gasteiger partial charge is 2.00 e.